The van der Waals surface area contributed by atoms with Crippen molar-refractivity contribution in [3.8, 4) is 0 Å². The van der Waals surface area contributed by atoms with Crippen LogP contribution in [0.15, 0.2) is 16.8 Å². The van der Waals surface area contributed by atoms with E-state index in [0.29, 0.717) is 24.2 Å². The number of nitrogens with zero attached hydrogens (tertiary/aromatic N) is 1. The van der Waals surface area contributed by atoms with Crippen molar-refractivity contribution in [1.29, 1.82) is 0 Å². The first-order valence-corrected chi connectivity index (χ1v) is 11.0. The second-order valence-electron chi connectivity index (χ2n) is 10.2. The van der Waals surface area contributed by atoms with Gasteiger partial charge in [0.2, 0.25) is 6.61 Å². The first-order chi connectivity index (χ1) is 13.6. The fourth-order valence-electron chi connectivity index (χ4n) is 7.41. The molecule has 4 rings (SSSR count). The summed E-state index contributed by atoms with van der Waals surface area (Å²) in [7, 11) is 0. The fraction of sp³-hybridized carbons (Fsp3) is 0.783. The van der Waals surface area contributed by atoms with Crippen LogP contribution in [0.1, 0.15) is 72.1 Å². The molecule has 0 saturated heterocycles. The van der Waals surface area contributed by atoms with Crippen LogP contribution in [0.2, 0.25) is 0 Å². The molecule has 0 amide bonds. The van der Waals surface area contributed by atoms with Crippen LogP contribution in [0, 0.1) is 28.6 Å². The number of aliphatic carboxylic acids is 1. The predicted octanol–water partition coefficient (Wildman–Crippen LogP) is 3.73. The summed E-state index contributed by atoms with van der Waals surface area (Å²) >= 11 is 0. The Labute approximate surface area is 172 Å². The molecule has 4 aliphatic rings. The number of fused-ring (bicyclic) bond motifs is 5. The molecule has 160 valence electrons. The zero-order valence-electron chi connectivity index (χ0n) is 17.7. The summed E-state index contributed by atoms with van der Waals surface area (Å²) in [5.41, 5.74) is 0.903. The molecule has 0 aromatic rings. The van der Waals surface area contributed by atoms with Gasteiger partial charge in [0.1, 0.15) is 5.60 Å². The maximum absolute atomic E-state index is 12.3. The van der Waals surface area contributed by atoms with Crippen LogP contribution < -0.4 is 0 Å². The Bertz CT molecular complexity index is 788. The molecule has 0 bridgehead atoms. The van der Waals surface area contributed by atoms with Gasteiger partial charge >= 0.3 is 5.97 Å². The second kappa shape index (κ2) is 6.93. The van der Waals surface area contributed by atoms with E-state index >= 15 is 0 Å². The first-order valence-electron chi connectivity index (χ1n) is 11.0. The zero-order chi connectivity index (χ0) is 21.0. The minimum Gasteiger partial charge on any atom is -0.479 e. The fourth-order valence-corrected chi connectivity index (χ4v) is 7.41. The lowest BCUT2D eigenvalue weighted by Gasteiger charge is -2.59. The summed E-state index contributed by atoms with van der Waals surface area (Å²) in [6.45, 7) is 5.67. The average molecular weight is 404 g/mol. The van der Waals surface area contributed by atoms with Crippen molar-refractivity contribution >= 4 is 17.5 Å². The number of carbonyl (C=O) groups excluding carboxylic acids is 1. The zero-order valence-corrected chi connectivity index (χ0v) is 17.7. The molecule has 0 aromatic heterocycles. The minimum atomic E-state index is -1.16. The number of aliphatic hydroxyl groups is 1. The molecular weight excluding hydrogens is 370 g/mol. The lowest BCUT2D eigenvalue weighted by Crippen LogP contribution is -2.57. The van der Waals surface area contributed by atoms with Gasteiger partial charge in [-0.3, -0.25) is 4.79 Å². The van der Waals surface area contributed by atoms with Gasteiger partial charge in [-0.05, 0) is 87.5 Å². The van der Waals surface area contributed by atoms with Gasteiger partial charge < -0.3 is 15.1 Å². The SMILES string of the molecule is CC(=O)[C@@]1(O)CC[C@@H]2[C@@H]3CCC4=C/C(=N/OCC(=O)O)CC[C@]4(C)[C@@H]3CC[C@@]21C. The molecular formula is C23H33NO5. The Morgan fingerprint density at radius 1 is 1.14 bits per heavy atom. The normalized spacial score (nSPS) is 45.0. The summed E-state index contributed by atoms with van der Waals surface area (Å²) in [5, 5.41) is 24.0. The third-order valence-corrected chi connectivity index (χ3v) is 9.08. The number of Topliss-reactive ketones (excluding diaryl/α,β-unsaturated/α-hetero) is 1. The Balaban J connectivity index is 1.57. The van der Waals surface area contributed by atoms with Crippen molar-refractivity contribution in [2.75, 3.05) is 6.61 Å². The Hall–Kier alpha value is -1.69. The van der Waals surface area contributed by atoms with E-state index in [1.807, 2.05) is 0 Å². The second-order valence-corrected chi connectivity index (χ2v) is 10.2. The Kier molecular flexibility index (Phi) is 4.92. The molecule has 0 aliphatic heterocycles. The minimum absolute atomic E-state index is 0.0663. The van der Waals surface area contributed by atoms with Crippen LogP contribution in [-0.4, -0.2) is 39.9 Å². The highest BCUT2D eigenvalue weighted by molar-refractivity contribution is 5.96. The van der Waals surface area contributed by atoms with Crippen LogP contribution in [0.4, 0.5) is 0 Å². The van der Waals surface area contributed by atoms with E-state index in [-0.39, 0.29) is 16.6 Å². The van der Waals surface area contributed by atoms with E-state index in [1.54, 1.807) is 6.92 Å². The molecule has 4 aliphatic carbocycles. The van der Waals surface area contributed by atoms with E-state index in [0.717, 1.165) is 50.7 Å². The summed E-state index contributed by atoms with van der Waals surface area (Å²) in [4.78, 5) is 27.9. The van der Waals surface area contributed by atoms with Crippen molar-refractivity contribution in [3.63, 3.8) is 0 Å². The standard InChI is InChI=1S/C23H33NO5/c1-14(25)23(28)11-8-19-17-5-4-15-12-16(24-29-13-20(26)27)6-9-21(15,2)18(17)7-10-22(19,23)3/h12,17-19,28H,4-11,13H2,1-3H3,(H,26,27)/b24-16+/t17-,18-,19-,21+,22+,23+/m1/s1. The van der Waals surface area contributed by atoms with Crippen molar-refractivity contribution in [1.82, 2.24) is 0 Å². The van der Waals surface area contributed by atoms with Gasteiger partial charge in [-0.1, -0.05) is 24.6 Å². The summed E-state index contributed by atoms with van der Waals surface area (Å²) in [6, 6.07) is 0. The highest BCUT2D eigenvalue weighted by Crippen LogP contribution is 2.67. The van der Waals surface area contributed by atoms with E-state index in [4.69, 9.17) is 9.94 Å². The molecule has 0 spiro atoms. The average Bonchev–Trinajstić information content (AvgIpc) is 2.94. The van der Waals surface area contributed by atoms with Crippen LogP contribution in [0.5, 0.6) is 0 Å². The lowest BCUT2D eigenvalue weighted by atomic mass is 9.46. The van der Waals surface area contributed by atoms with Gasteiger partial charge in [-0.15, -0.1) is 0 Å². The Morgan fingerprint density at radius 2 is 1.86 bits per heavy atom. The first kappa shape index (κ1) is 20.6. The van der Waals surface area contributed by atoms with E-state index in [2.05, 4.69) is 25.1 Å². The van der Waals surface area contributed by atoms with Gasteiger partial charge in [0.15, 0.2) is 5.78 Å². The van der Waals surface area contributed by atoms with Crippen molar-refractivity contribution < 1.29 is 24.6 Å². The third kappa shape index (κ3) is 2.97. The van der Waals surface area contributed by atoms with E-state index < -0.39 is 18.2 Å². The van der Waals surface area contributed by atoms with Crippen LogP contribution in [0.25, 0.3) is 0 Å². The number of carbonyl (C=O) groups is 2. The highest BCUT2D eigenvalue weighted by Gasteiger charge is 2.65. The molecule has 3 fully saturated rings. The lowest BCUT2D eigenvalue weighted by molar-refractivity contribution is -0.159. The summed E-state index contributed by atoms with van der Waals surface area (Å²) < 4.78 is 0. The largest absolute Gasteiger partial charge is 0.479 e. The molecule has 29 heavy (non-hydrogen) atoms. The van der Waals surface area contributed by atoms with Crippen LogP contribution in [-0.2, 0) is 14.4 Å². The van der Waals surface area contributed by atoms with Gasteiger partial charge in [0, 0.05) is 5.41 Å². The number of rotatable bonds is 4. The van der Waals surface area contributed by atoms with Crippen LogP contribution in [0.3, 0.4) is 0 Å². The summed E-state index contributed by atoms with van der Waals surface area (Å²) in [5.74, 6) is 0.434. The molecule has 6 heteroatoms. The molecule has 0 heterocycles. The molecule has 6 nitrogen and oxygen atoms in total. The summed E-state index contributed by atoms with van der Waals surface area (Å²) in [6.07, 6.45) is 9.50. The van der Waals surface area contributed by atoms with Gasteiger partial charge in [-0.2, -0.15) is 0 Å². The van der Waals surface area contributed by atoms with Gasteiger partial charge in [-0.25, -0.2) is 4.79 Å². The quantitative estimate of drug-likeness (QED) is 0.697. The highest BCUT2D eigenvalue weighted by atomic mass is 16.6. The molecule has 0 aromatic carbocycles. The maximum Gasteiger partial charge on any atom is 0.344 e. The van der Waals surface area contributed by atoms with Crippen molar-refractivity contribution in [2.45, 2.75) is 77.7 Å². The number of ketones is 1. The molecule has 0 unspecified atom stereocenters. The van der Waals surface area contributed by atoms with Gasteiger partial charge in [0.25, 0.3) is 0 Å². The third-order valence-electron chi connectivity index (χ3n) is 9.08. The van der Waals surface area contributed by atoms with Gasteiger partial charge in [0.05, 0.1) is 5.71 Å². The predicted molar refractivity (Wildman–Crippen MR) is 108 cm³/mol. The Morgan fingerprint density at radius 3 is 2.55 bits per heavy atom. The smallest absolute Gasteiger partial charge is 0.344 e. The van der Waals surface area contributed by atoms with E-state index in [9.17, 15) is 14.7 Å². The maximum atomic E-state index is 12.3. The molecule has 2 N–H and O–H groups in total. The monoisotopic (exact) mass is 403 g/mol. The number of carboxylic acids is 1. The van der Waals surface area contributed by atoms with Crippen molar-refractivity contribution in [3.05, 3.63) is 11.6 Å². The molecule has 3 saturated carbocycles. The number of hydrogen-bond donors (Lipinski definition) is 2. The molecule has 6 atom stereocenters. The number of hydrogen-bond acceptors (Lipinski definition) is 5. The van der Waals surface area contributed by atoms with Crippen LogP contribution >= 0.6 is 0 Å². The number of allylic oxidation sites excluding steroid dienone is 2. The topological polar surface area (TPSA) is 96.2 Å². The number of carboxylic acid groups (broad SMARTS) is 1. The van der Waals surface area contributed by atoms with Crippen molar-refractivity contribution in [2.24, 2.45) is 33.7 Å². The number of oxime groups is 1. The van der Waals surface area contributed by atoms with E-state index in [1.165, 1.54) is 5.57 Å². The molecule has 0 radical (unpaired) electrons.